The lowest BCUT2D eigenvalue weighted by Gasteiger charge is -2.23. The van der Waals surface area contributed by atoms with Crippen LogP contribution >= 0.6 is 0 Å². The van der Waals surface area contributed by atoms with Gasteiger partial charge in [-0.15, -0.1) is 0 Å². The number of carbonyl (C=O) groups is 4. The Hall–Kier alpha value is -5.00. The molecule has 3 aromatic rings. The molecule has 210 valence electrons. The highest BCUT2D eigenvalue weighted by Crippen LogP contribution is 2.16. The Morgan fingerprint density at radius 1 is 1.15 bits per heavy atom. The Morgan fingerprint density at radius 3 is 2.55 bits per heavy atom. The van der Waals surface area contributed by atoms with Gasteiger partial charge in [0.25, 0.3) is 11.5 Å². The molecule has 4 N–H and O–H groups in total. The average molecular weight is 550 g/mol. The van der Waals surface area contributed by atoms with Gasteiger partial charge in [-0.25, -0.2) is 4.79 Å². The number of benzene rings is 1. The van der Waals surface area contributed by atoms with Crippen molar-refractivity contribution in [3.63, 3.8) is 0 Å². The molecule has 0 bridgehead atoms. The Labute approximate surface area is 230 Å². The van der Waals surface area contributed by atoms with Crippen molar-refractivity contribution in [2.75, 3.05) is 11.9 Å². The highest BCUT2D eigenvalue weighted by molar-refractivity contribution is 6.02. The van der Waals surface area contributed by atoms with Gasteiger partial charge >= 0.3 is 5.97 Å². The van der Waals surface area contributed by atoms with E-state index in [4.69, 9.17) is 15.0 Å². The Kier molecular flexibility index (Phi) is 10.5. The summed E-state index contributed by atoms with van der Waals surface area (Å²) in [6.07, 6.45) is 4.23. The van der Waals surface area contributed by atoms with Crippen molar-refractivity contribution in [1.29, 1.82) is 0 Å². The summed E-state index contributed by atoms with van der Waals surface area (Å²) in [5.74, 6) is -1.95. The van der Waals surface area contributed by atoms with Crippen molar-refractivity contribution in [2.45, 2.75) is 45.2 Å². The molecule has 3 rings (SSSR count). The molecule has 1 aromatic carbocycles. The second kappa shape index (κ2) is 14.2. The normalized spacial score (nSPS) is 12.4. The molecular formula is C28H31N5O7. The van der Waals surface area contributed by atoms with Crippen molar-refractivity contribution in [1.82, 2.24) is 15.0 Å². The number of pyridine rings is 1. The first kappa shape index (κ1) is 29.6. The van der Waals surface area contributed by atoms with Gasteiger partial charge in [0.05, 0.1) is 6.61 Å². The Morgan fingerprint density at radius 2 is 1.90 bits per heavy atom. The molecule has 40 heavy (non-hydrogen) atoms. The molecule has 2 aromatic heterocycles. The maximum absolute atomic E-state index is 13.6. The number of esters is 1. The number of hydrogen-bond donors (Lipinski definition) is 3. The number of aromatic nitrogens is 2. The highest BCUT2D eigenvalue weighted by Gasteiger charge is 2.25. The molecule has 0 saturated carbocycles. The van der Waals surface area contributed by atoms with E-state index in [1.807, 2.05) is 18.2 Å². The maximum atomic E-state index is 13.6. The Bertz CT molecular complexity index is 1430. The fourth-order valence-corrected chi connectivity index (χ4v) is 3.84. The molecule has 0 spiro atoms. The second-order valence-corrected chi connectivity index (χ2v) is 8.85. The molecule has 0 aliphatic heterocycles. The molecule has 12 heteroatoms. The maximum Gasteiger partial charge on any atom is 0.330 e. The first-order valence-electron chi connectivity index (χ1n) is 12.6. The van der Waals surface area contributed by atoms with E-state index >= 15 is 0 Å². The third-order valence-electron chi connectivity index (χ3n) is 5.77. The molecule has 2 atom stereocenters. The van der Waals surface area contributed by atoms with E-state index in [9.17, 15) is 24.0 Å². The summed E-state index contributed by atoms with van der Waals surface area (Å²) in [5.41, 5.74) is 5.38. The number of anilines is 1. The summed E-state index contributed by atoms with van der Waals surface area (Å²) in [6, 6.07) is 11.6. The van der Waals surface area contributed by atoms with E-state index in [0.717, 1.165) is 11.6 Å². The number of primary amides is 1. The van der Waals surface area contributed by atoms with Crippen molar-refractivity contribution in [2.24, 2.45) is 5.73 Å². The molecule has 0 radical (unpaired) electrons. The van der Waals surface area contributed by atoms with Gasteiger partial charge in [0.1, 0.15) is 17.5 Å². The van der Waals surface area contributed by atoms with E-state index in [-0.39, 0.29) is 37.3 Å². The monoisotopic (exact) mass is 549 g/mol. The topological polar surface area (TPSA) is 176 Å². The lowest BCUT2D eigenvalue weighted by molar-refractivity contribution is -0.137. The van der Waals surface area contributed by atoms with E-state index in [0.29, 0.717) is 5.76 Å². The van der Waals surface area contributed by atoms with Crippen LogP contribution in [0.25, 0.3) is 0 Å². The number of hydrogen-bond acceptors (Lipinski definition) is 8. The van der Waals surface area contributed by atoms with Gasteiger partial charge in [0, 0.05) is 37.2 Å². The number of nitrogens with zero attached hydrogens (tertiary/aromatic N) is 2. The summed E-state index contributed by atoms with van der Waals surface area (Å²) >= 11 is 0. The van der Waals surface area contributed by atoms with E-state index in [1.165, 1.54) is 35.0 Å². The van der Waals surface area contributed by atoms with E-state index < -0.39 is 41.3 Å². The predicted octanol–water partition coefficient (Wildman–Crippen LogP) is 2.05. The number of nitrogens with one attached hydrogen (secondary N) is 2. The van der Waals surface area contributed by atoms with E-state index in [2.05, 4.69) is 15.8 Å². The lowest BCUT2D eigenvalue weighted by Crippen LogP contribution is -2.43. The van der Waals surface area contributed by atoms with Crippen LogP contribution in [0.2, 0.25) is 0 Å². The van der Waals surface area contributed by atoms with Crippen LogP contribution in [0, 0.1) is 6.92 Å². The number of rotatable bonds is 13. The summed E-state index contributed by atoms with van der Waals surface area (Å²) in [6.45, 7) is 3.46. The van der Waals surface area contributed by atoms with Crippen molar-refractivity contribution < 1.29 is 28.4 Å². The molecule has 0 aliphatic rings. The molecule has 0 aliphatic carbocycles. The van der Waals surface area contributed by atoms with Crippen LogP contribution in [0.1, 0.15) is 47.6 Å². The van der Waals surface area contributed by atoms with E-state index in [1.54, 1.807) is 26.0 Å². The number of carbonyl (C=O) groups excluding carboxylic acids is 4. The molecular weight excluding hydrogens is 518 g/mol. The summed E-state index contributed by atoms with van der Waals surface area (Å²) in [5, 5.41) is 8.96. The van der Waals surface area contributed by atoms with Crippen LogP contribution in [0.3, 0.4) is 0 Å². The number of nitrogens with two attached hydrogens (primary N) is 1. The number of amides is 3. The molecule has 0 unspecified atom stereocenters. The molecule has 0 fully saturated rings. The zero-order valence-electron chi connectivity index (χ0n) is 22.2. The highest BCUT2D eigenvalue weighted by atomic mass is 16.5. The molecule has 12 nitrogen and oxygen atoms in total. The zero-order valence-corrected chi connectivity index (χ0v) is 22.2. The fraction of sp³-hybridized carbons (Fsp3) is 0.286. The van der Waals surface area contributed by atoms with Crippen LogP contribution in [0.15, 0.2) is 76.2 Å². The van der Waals surface area contributed by atoms with Gasteiger partial charge in [-0.3, -0.25) is 19.2 Å². The van der Waals surface area contributed by atoms with Crippen LogP contribution in [0.5, 0.6) is 0 Å². The van der Waals surface area contributed by atoms with Crippen LogP contribution < -0.4 is 21.9 Å². The van der Waals surface area contributed by atoms with Crippen molar-refractivity contribution >= 4 is 29.4 Å². The Balaban J connectivity index is 1.92. The quantitative estimate of drug-likeness (QED) is 0.214. The smallest absolute Gasteiger partial charge is 0.330 e. The SMILES string of the molecule is CCOC(=O)C=C[C@H](CCC(N)=O)NC(=O)[C@H](Cc1ccccc1)n1cccc(NC(=O)c2cc(C)on2)c1=O. The molecule has 3 amide bonds. The van der Waals surface area contributed by atoms with Gasteiger partial charge in [0.15, 0.2) is 5.69 Å². The summed E-state index contributed by atoms with van der Waals surface area (Å²) in [4.78, 5) is 62.9. The third kappa shape index (κ3) is 8.51. The van der Waals surface area contributed by atoms with Gasteiger partial charge < -0.3 is 30.2 Å². The van der Waals surface area contributed by atoms with Crippen molar-refractivity contribution in [3.8, 4) is 0 Å². The summed E-state index contributed by atoms with van der Waals surface area (Å²) < 4.78 is 11.0. The van der Waals surface area contributed by atoms with Crippen LogP contribution in [0.4, 0.5) is 5.69 Å². The number of aryl methyl sites for hydroxylation is 1. The standard InChI is InChI=1S/C28H31N5O7/c1-3-39-25(35)14-12-20(11-13-24(29)34)30-27(37)23(17-19-8-5-4-6-9-19)33-15-7-10-21(28(33)38)31-26(36)22-16-18(2)40-32-22/h4-10,12,14-16,20,23H,3,11,13,17H2,1-2H3,(H2,29,34)(H,30,37)(H,31,36)/t20-,23-/m0/s1. The first-order chi connectivity index (χ1) is 19.2. The minimum Gasteiger partial charge on any atom is -0.463 e. The van der Waals surface area contributed by atoms with Gasteiger partial charge in [-0.05, 0) is 38.0 Å². The molecule has 0 saturated heterocycles. The minimum absolute atomic E-state index is 0.00318. The second-order valence-electron chi connectivity index (χ2n) is 8.85. The molecule has 2 heterocycles. The van der Waals surface area contributed by atoms with Gasteiger partial charge in [0.2, 0.25) is 11.8 Å². The third-order valence-corrected chi connectivity index (χ3v) is 5.77. The fourth-order valence-electron chi connectivity index (χ4n) is 3.84. The first-order valence-corrected chi connectivity index (χ1v) is 12.6. The zero-order chi connectivity index (χ0) is 29.1. The average Bonchev–Trinajstić information content (AvgIpc) is 3.37. The predicted molar refractivity (Wildman–Crippen MR) is 145 cm³/mol. The summed E-state index contributed by atoms with van der Waals surface area (Å²) in [7, 11) is 0. The minimum atomic E-state index is -1.05. The largest absolute Gasteiger partial charge is 0.463 e. The van der Waals surface area contributed by atoms with Crippen LogP contribution in [-0.2, 0) is 25.5 Å². The van der Waals surface area contributed by atoms with Gasteiger partial charge in [-0.2, -0.15) is 0 Å². The lowest BCUT2D eigenvalue weighted by atomic mass is 10.0. The van der Waals surface area contributed by atoms with Crippen molar-refractivity contribution in [3.05, 3.63) is 94.3 Å². The number of ether oxygens (including phenoxy) is 1. The van der Waals surface area contributed by atoms with Gasteiger partial charge in [-0.1, -0.05) is 41.6 Å². The van der Waals surface area contributed by atoms with Crippen LogP contribution in [-0.4, -0.2) is 46.1 Å².